The molecule has 26 heavy (non-hydrogen) atoms. The van der Waals surface area contributed by atoms with Crippen LogP contribution in [0.25, 0.3) is 0 Å². The van der Waals surface area contributed by atoms with Gasteiger partial charge in [-0.05, 0) is 48.6 Å². The number of hydrogen-bond donors (Lipinski definition) is 1. The van der Waals surface area contributed by atoms with Crippen LogP contribution in [0.2, 0.25) is 0 Å². The molecule has 8 heteroatoms. The summed E-state index contributed by atoms with van der Waals surface area (Å²) in [5.74, 6) is -1.73. The topological polar surface area (TPSA) is 75.7 Å². The third-order valence-electron chi connectivity index (χ3n) is 3.99. The molecule has 1 aromatic heterocycles. The summed E-state index contributed by atoms with van der Waals surface area (Å²) in [5, 5.41) is 4.31. The molecule has 1 aromatic carbocycles. The van der Waals surface area contributed by atoms with Crippen molar-refractivity contribution in [1.82, 2.24) is 4.90 Å². The van der Waals surface area contributed by atoms with Gasteiger partial charge in [0.05, 0.1) is 4.88 Å². The van der Waals surface area contributed by atoms with Crippen LogP contribution in [0.15, 0.2) is 41.8 Å². The molecule has 2 amide bonds. The number of esters is 1. The first kappa shape index (κ1) is 18.1. The molecule has 0 bridgehead atoms. The van der Waals surface area contributed by atoms with E-state index in [1.165, 1.54) is 40.5 Å². The van der Waals surface area contributed by atoms with E-state index in [0.29, 0.717) is 30.0 Å². The van der Waals surface area contributed by atoms with E-state index in [0.717, 1.165) is 0 Å². The van der Waals surface area contributed by atoms with E-state index in [4.69, 9.17) is 4.74 Å². The highest BCUT2D eigenvalue weighted by Gasteiger charge is 2.36. The van der Waals surface area contributed by atoms with Crippen LogP contribution in [-0.2, 0) is 14.3 Å². The van der Waals surface area contributed by atoms with Crippen LogP contribution in [-0.4, -0.2) is 41.9 Å². The van der Waals surface area contributed by atoms with Crippen molar-refractivity contribution < 1.29 is 23.5 Å². The number of carbonyl (C=O) groups is 3. The van der Waals surface area contributed by atoms with Crippen molar-refractivity contribution in [3.05, 3.63) is 52.5 Å². The molecule has 0 saturated carbocycles. The van der Waals surface area contributed by atoms with E-state index >= 15 is 0 Å². The molecule has 3 rings (SSSR count). The number of halogens is 1. The summed E-state index contributed by atoms with van der Waals surface area (Å²) in [6.45, 7) is 0.0199. The molecular formula is C18H17FN2O4S. The van der Waals surface area contributed by atoms with Crippen molar-refractivity contribution in [1.29, 1.82) is 0 Å². The maximum atomic E-state index is 12.8. The Labute approximate surface area is 153 Å². The highest BCUT2D eigenvalue weighted by atomic mass is 32.1. The second kappa shape index (κ2) is 8.09. The Hall–Kier alpha value is -2.74. The van der Waals surface area contributed by atoms with Crippen LogP contribution >= 0.6 is 11.3 Å². The predicted molar refractivity (Wildman–Crippen MR) is 94.4 cm³/mol. The lowest BCUT2D eigenvalue weighted by atomic mass is 10.2. The summed E-state index contributed by atoms with van der Waals surface area (Å²) in [5.41, 5.74) is 0.405. The largest absolute Gasteiger partial charge is 0.454 e. The van der Waals surface area contributed by atoms with E-state index in [9.17, 15) is 18.8 Å². The van der Waals surface area contributed by atoms with Gasteiger partial charge >= 0.3 is 5.97 Å². The van der Waals surface area contributed by atoms with Crippen molar-refractivity contribution in [3.63, 3.8) is 0 Å². The molecule has 0 spiro atoms. The van der Waals surface area contributed by atoms with Crippen molar-refractivity contribution >= 4 is 34.8 Å². The molecule has 1 fully saturated rings. The molecule has 136 valence electrons. The zero-order chi connectivity index (χ0) is 18.5. The van der Waals surface area contributed by atoms with Gasteiger partial charge < -0.3 is 15.0 Å². The molecule has 1 atom stereocenters. The lowest BCUT2D eigenvalue weighted by Crippen LogP contribution is -2.41. The Kier molecular flexibility index (Phi) is 5.62. The average Bonchev–Trinajstić information content (AvgIpc) is 3.33. The number of thiophene rings is 1. The second-order valence-electron chi connectivity index (χ2n) is 5.80. The summed E-state index contributed by atoms with van der Waals surface area (Å²) >= 11 is 1.32. The van der Waals surface area contributed by atoms with E-state index in [-0.39, 0.29) is 5.91 Å². The lowest BCUT2D eigenvalue weighted by Gasteiger charge is -2.22. The molecule has 2 heterocycles. The molecule has 1 aliphatic rings. The minimum absolute atomic E-state index is 0.199. The Bertz CT molecular complexity index is 792. The second-order valence-corrected chi connectivity index (χ2v) is 6.74. The first-order chi connectivity index (χ1) is 12.5. The zero-order valence-electron chi connectivity index (χ0n) is 13.8. The van der Waals surface area contributed by atoms with E-state index in [1.807, 2.05) is 0 Å². The van der Waals surface area contributed by atoms with Crippen LogP contribution in [0.3, 0.4) is 0 Å². The van der Waals surface area contributed by atoms with Gasteiger partial charge in [-0.25, -0.2) is 9.18 Å². The molecule has 6 nitrogen and oxygen atoms in total. The Morgan fingerprint density at radius 2 is 2.00 bits per heavy atom. The molecule has 1 N–H and O–H groups in total. The van der Waals surface area contributed by atoms with E-state index in [1.54, 1.807) is 17.5 Å². The number of nitrogens with zero attached hydrogens (tertiary/aromatic N) is 1. The number of amides is 2. The fraction of sp³-hybridized carbons (Fsp3) is 0.278. The summed E-state index contributed by atoms with van der Waals surface area (Å²) in [6, 6.07) is 8.07. The fourth-order valence-corrected chi connectivity index (χ4v) is 3.44. The van der Waals surface area contributed by atoms with Gasteiger partial charge in [0.2, 0.25) is 0 Å². The van der Waals surface area contributed by atoms with Crippen LogP contribution in [0, 0.1) is 5.82 Å². The number of carbonyl (C=O) groups excluding carboxylic acids is 3. The van der Waals surface area contributed by atoms with Gasteiger partial charge in [0, 0.05) is 12.2 Å². The van der Waals surface area contributed by atoms with Crippen molar-refractivity contribution in [3.8, 4) is 0 Å². The van der Waals surface area contributed by atoms with Gasteiger partial charge in [0.25, 0.3) is 11.8 Å². The molecule has 0 radical (unpaired) electrons. The molecule has 0 unspecified atom stereocenters. The summed E-state index contributed by atoms with van der Waals surface area (Å²) < 4.78 is 17.9. The summed E-state index contributed by atoms with van der Waals surface area (Å²) in [7, 11) is 0. The monoisotopic (exact) mass is 376 g/mol. The molecular weight excluding hydrogens is 359 g/mol. The number of nitrogens with one attached hydrogen (secondary N) is 1. The predicted octanol–water partition coefficient (Wildman–Crippen LogP) is 2.67. The normalized spacial score (nSPS) is 16.3. The lowest BCUT2D eigenvalue weighted by molar-refractivity contribution is -0.151. The van der Waals surface area contributed by atoms with Gasteiger partial charge in [0.1, 0.15) is 11.9 Å². The summed E-state index contributed by atoms with van der Waals surface area (Å²) in [4.78, 5) is 38.7. The van der Waals surface area contributed by atoms with E-state index in [2.05, 4.69) is 5.32 Å². The van der Waals surface area contributed by atoms with Gasteiger partial charge in [0.15, 0.2) is 6.61 Å². The SMILES string of the molecule is O=C(COC(=O)[C@@H]1CCCN1C(=O)c1cccs1)Nc1ccc(F)cc1. The average molecular weight is 376 g/mol. The van der Waals surface area contributed by atoms with Crippen molar-refractivity contribution in [2.75, 3.05) is 18.5 Å². The van der Waals surface area contributed by atoms with Gasteiger partial charge in [-0.2, -0.15) is 0 Å². The third kappa shape index (κ3) is 4.26. The van der Waals surface area contributed by atoms with Crippen molar-refractivity contribution in [2.24, 2.45) is 0 Å². The van der Waals surface area contributed by atoms with E-state index < -0.39 is 30.3 Å². The number of ether oxygens (including phenoxy) is 1. The minimum Gasteiger partial charge on any atom is -0.454 e. The fourth-order valence-electron chi connectivity index (χ4n) is 2.76. The first-order valence-electron chi connectivity index (χ1n) is 8.11. The van der Waals surface area contributed by atoms with Crippen LogP contribution in [0.5, 0.6) is 0 Å². The van der Waals surface area contributed by atoms with Gasteiger partial charge in [-0.15, -0.1) is 11.3 Å². The van der Waals surface area contributed by atoms with Gasteiger partial charge in [-0.3, -0.25) is 9.59 Å². The molecule has 2 aromatic rings. The Morgan fingerprint density at radius 1 is 1.23 bits per heavy atom. The highest BCUT2D eigenvalue weighted by molar-refractivity contribution is 7.12. The number of rotatable bonds is 5. The number of benzene rings is 1. The maximum absolute atomic E-state index is 12.8. The van der Waals surface area contributed by atoms with Crippen LogP contribution in [0.4, 0.5) is 10.1 Å². The molecule has 0 aliphatic carbocycles. The number of anilines is 1. The zero-order valence-corrected chi connectivity index (χ0v) is 14.6. The Balaban J connectivity index is 1.53. The van der Waals surface area contributed by atoms with Crippen molar-refractivity contribution in [2.45, 2.75) is 18.9 Å². The standard InChI is InChI=1S/C18H17FN2O4S/c19-12-5-7-13(8-6-12)20-16(22)11-25-18(24)14-3-1-9-21(14)17(23)15-4-2-10-26-15/h2,4-8,10,14H,1,3,9,11H2,(H,20,22)/t14-/m0/s1. The smallest absolute Gasteiger partial charge is 0.329 e. The highest BCUT2D eigenvalue weighted by Crippen LogP contribution is 2.23. The van der Waals surface area contributed by atoms with Gasteiger partial charge in [-0.1, -0.05) is 6.07 Å². The number of hydrogen-bond acceptors (Lipinski definition) is 5. The molecule has 1 saturated heterocycles. The molecule has 1 aliphatic heterocycles. The summed E-state index contributed by atoms with van der Waals surface area (Å²) in [6.07, 6.45) is 1.22. The van der Waals surface area contributed by atoms with Crippen LogP contribution in [0.1, 0.15) is 22.5 Å². The first-order valence-corrected chi connectivity index (χ1v) is 8.99. The quantitative estimate of drug-likeness (QED) is 0.814. The third-order valence-corrected chi connectivity index (χ3v) is 4.85. The van der Waals surface area contributed by atoms with Crippen LogP contribution < -0.4 is 5.32 Å². The Morgan fingerprint density at radius 3 is 2.69 bits per heavy atom. The maximum Gasteiger partial charge on any atom is 0.329 e. The number of likely N-dealkylation sites (tertiary alicyclic amines) is 1. The minimum atomic E-state index is -0.678.